The summed E-state index contributed by atoms with van der Waals surface area (Å²) >= 11 is 6.56. The van der Waals surface area contributed by atoms with Crippen molar-refractivity contribution >= 4 is 33.0 Å². The van der Waals surface area contributed by atoms with Crippen LogP contribution in [0.1, 0.15) is 26.0 Å². The zero-order chi connectivity index (χ0) is 13.3. The first kappa shape index (κ1) is 14.8. The number of halogens is 1. The lowest BCUT2D eigenvalue weighted by Gasteiger charge is -2.21. The molecule has 0 saturated heterocycles. The zero-order valence-electron chi connectivity index (χ0n) is 9.82. The molecule has 0 amide bonds. The molecule has 0 aromatic carbocycles. The Bertz CT molecular complexity index is 496. The summed E-state index contributed by atoms with van der Waals surface area (Å²) in [7, 11) is -3.65. The van der Waals surface area contributed by atoms with Crippen LogP contribution in [0.2, 0.25) is 4.47 Å². The summed E-state index contributed by atoms with van der Waals surface area (Å²) in [6.07, 6.45) is 0.456. The van der Waals surface area contributed by atoms with E-state index in [1.165, 1.54) is 0 Å². The average Bonchev–Trinajstić information content (AvgIpc) is 2.56. The lowest BCUT2D eigenvalue weighted by molar-refractivity contribution is 0.0613. The number of aromatic nitrogens is 1. The summed E-state index contributed by atoms with van der Waals surface area (Å²) in [6, 6.07) is 0. The Hall–Kier alpha value is -0.210. The molecule has 1 unspecified atom stereocenters. The van der Waals surface area contributed by atoms with Crippen LogP contribution in [0, 0.1) is 6.92 Å². The fourth-order valence-electron chi connectivity index (χ4n) is 1.04. The first-order valence-corrected chi connectivity index (χ1v) is 7.71. The fourth-order valence-corrected chi connectivity index (χ4v) is 3.98. The summed E-state index contributed by atoms with van der Waals surface area (Å²) in [5.74, 6) is 0. The van der Waals surface area contributed by atoms with E-state index in [0.29, 0.717) is 12.1 Å². The van der Waals surface area contributed by atoms with E-state index in [-0.39, 0.29) is 15.2 Å². The van der Waals surface area contributed by atoms with Crippen molar-refractivity contribution in [2.75, 3.05) is 6.54 Å². The van der Waals surface area contributed by atoms with E-state index in [0.717, 1.165) is 11.3 Å². The number of rotatable bonds is 5. The molecule has 17 heavy (non-hydrogen) atoms. The molecule has 0 spiro atoms. The highest BCUT2D eigenvalue weighted by molar-refractivity contribution is 7.91. The second-order valence-corrected chi connectivity index (χ2v) is 7.56. The fraction of sp³-hybridized carbons (Fsp3) is 0.667. The molecule has 0 fully saturated rings. The summed E-state index contributed by atoms with van der Waals surface area (Å²) in [5.41, 5.74) is -0.696. The number of aryl methyl sites for hydroxylation is 1. The van der Waals surface area contributed by atoms with Crippen molar-refractivity contribution in [2.24, 2.45) is 0 Å². The van der Waals surface area contributed by atoms with Gasteiger partial charge < -0.3 is 5.11 Å². The third-order valence-corrected chi connectivity index (χ3v) is 5.65. The zero-order valence-corrected chi connectivity index (χ0v) is 12.2. The number of hydrogen-bond donors (Lipinski definition) is 2. The molecule has 98 valence electrons. The smallest absolute Gasteiger partial charge is 0.252 e. The third-order valence-electron chi connectivity index (χ3n) is 2.38. The third kappa shape index (κ3) is 3.89. The SMILES string of the molecule is CCC(C)(O)CNS(=O)(=O)c1sc(Cl)nc1C. The molecule has 0 radical (unpaired) electrons. The van der Waals surface area contributed by atoms with Crippen LogP contribution < -0.4 is 4.72 Å². The minimum Gasteiger partial charge on any atom is -0.389 e. The predicted octanol–water partition coefficient (Wildman–Crippen LogP) is 1.54. The Kier molecular flexibility index (Phi) is 4.54. The number of sulfonamides is 1. The highest BCUT2D eigenvalue weighted by Crippen LogP contribution is 2.26. The Morgan fingerprint density at radius 2 is 2.18 bits per heavy atom. The largest absolute Gasteiger partial charge is 0.389 e. The first-order chi connectivity index (χ1) is 7.68. The van der Waals surface area contributed by atoms with Gasteiger partial charge in [-0.2, -0.15) is 0 Å². The summed E-state index contributed by atoms with van der Waals surface area (Å²) in [6.45, 7) is 4.89. The van der Waals surface area contributed by atoms with Gasteiger partial charge in [-0.1, -0.05) is 29.9 Å². The van der Waals surface area contributed by atoms with Crippen molar-refractivity contribution in [1.29, 1.82) is 0 Å². The summed E-state index contributed by atoms with van der Waals surface area (Å²) in [5, 5.41) is 9.74. The van der Waals surface area contributed by atoms with Gasteiger partial charge in [-0.15, -0.1) is 0 Å². The topological polar surface area (TPSA) is 79.3 Å². The van der Waals surface area contributed by atoms with Gasteiger partial charge in [0, 0.05) is 6.54 Å². The van der Waals surface area contributed by atoms with E-state index in [9.17, 15) is 13.5 Å². The lowest BCUT2D eigenvalue weighted by atomic mass is 10.1. The van der Waals surface area contributed by atoms with Gasteiger partial charge in [0.15, 0.2) is 8.68 Å². The molecule has 2 N–H and O–H groups in total. The average molecular weight is 299 g/mol. The predicted molar refractivity (Wildman–Crippen MR) is 68.0 cm³/mol. The highest BCUT2D eigenvalue weighted by atomic mass is 35.5. The van der Waals surface area contributed by atoms with Crippen LogP contribution in [0.25, 0.3) is 0 Å². The minimum atomic E-state index is -3.65. The first-order valence-electron chi connectivity index (χ1n) is 5.03. The number of hydrogen-bond acceptors (Lipinski definition) is 5. The normalized spacial score (nSPS) is 15.8. The molecule has 1 rings (SSSR count). The summed E-state index contributed by atoms with van der Waals surface area (Å²) in [4.78, 5) is 3.84. The van der Waals surface area contributed by atoms with Crippen LogP contribution in [-0.4, -0.2) is 30.7 Å². The Morgan fingerprint density at radius 3 is 2.59 bits per heavy atom. The summed E-state index contributed by atoms with van der Waals surface area (Å²) < 4.78 is 26.5. The molecule has 0 aliphatic carbocycles. The maximum Gasteiger partial charge on any atom is 0.252 e. The van der Waals surface area contributed by atoms with Gasteiger partial charge in [-0.25, -0.2) is 18.1 Å². The maximum atomic E-state index is 11.9. The van der Waals surface area contributed by atoms with Crippen molar-refractivity contribution in [3.63, 3.8) is 0 Å². The molecule has 1 atom stereocenters. The van der Waals surface area contributed by atoms with Crippen LogP contribution in [0.3, 0.4) is 0 Å². The molecule has 1 heterocycles. The van der Waals surface area contributed by atoms with Gasteiger partial charge in [0.25, 0.3) is 10.0 Å². The Morgan fingerprint density at radius 1 is 1.59 bits per heavy atom. The molecular weight excluding hydrogens is 284 g/mol. The second kappa shape index (κ2) is 5.19. The molecule has 1 aromatic heterocycles. The van der Waals surface area contributed by atoms with E-state index in [1.807, 2.05) is 0 Å². The molecule has 8 heteroatoms. The van der Waals surface area contributed by atoms with Gasteiger partial charge in [0.1, 0.15) is 0 Å². The van der Waals surface area contributed by atoms with E-state index in [1.54, 1.807) is 20.8 Å². The van der Waals surface area contributed by atoms with Gasteiger partial charge in [0.2, 0.25) is 0 Å². The lowest BCUT2D eigenvalue weighted by Crippen LogP contribution is -2.39. The number of aliphatic hydroxyl groups is 1. The van der Waals surface area contributed by atoms with Crippen LogP contribution in [0.4, 0.5) is 0 Å². The van der Waals surface area contributed by atoms with Crippen molar-refractivity contribution in [2.45, 2.75) is 37.0 Å². The van der Waals surface area contributed by atoms with E-state index in [4.69, 9.17) is 11.6 Å². The highest BCUT2D eigenvalue weighted by Gasteiger charge is 2.25. The van der Waals surface area contributed by atoms with Gasteiger partial charge >= 0.3 is 0 Å². The van der Waals surface area contributed by atoms with Crippen LogP contribution in [-0.2, 0) is 10.0 Å². The quantitative estimate of drug-likeness (QED) is 0.864. The van der Waals surface area contributed by atoms with E-state index < -0.39 is 15.6 Å². The Balaban J connectivity index is 2.87. The minimum absolute atomic E-state index is 0.0409. The second-order valence-electron chi connectivity index (χ2n) is 4.01. The molecule has 0 aliphatic heterocycles. The van der Waals surface area contributed by atoms with Crippen LogP contribution >= 0.6 is 22.9 Å². The molecule has 0 bridgehead atoms. The molecule has 0 saturated carbocycles. The van der Waals surface area contributed by atoms with Gasteiger partial charge in [0.05, 0.1) is 11.3 Å². The monoisotopic (exact) mass is 298 g/mol. The van der Waals surface area contributed by atoms with Crippen molar-refractivity contribution in [3.8, 4) is 0 Å². The van der Waals surface area contributed by atoms with E-state index >= 15 is 0 Å². The van der Waals surface area contributed by atoms with E-state index in [2.05, 4.69) is 9.71 Å². The molecule has 0 aliphatic rings. The standard InChI is InChI=1S/C9H15ClN2O3S2/c1-4-9(3,13)5-11-17(14,15)7-6(2)12-8(10)16-7/h11,13H,4-5H2,1-3H3. The number of thiazole rings is 1. The van der Waals surface area contributed by atoms with Crippen molar-refractivity contribution in [1.82, 2.24) is 9.71 Å². The number of nitrogens with zero attached hydrogens (tertiary/aromatic N) is 1. The molecular formula is C9H15ClN2O3S2. The molecule has 5 nitrogen and oxygen atoms in total. The molecule has 1 aromatic rings. The maximum absolute atomic E-state index is 11.9. The van der Waals surface area contributed by atoms with Gasteiger partial charge in [-0.05, 0) is 20.3 Å². The van der Waals surface area contributed by atoms with Crippen LogP contribution in [0.15, 0.2) is 4.21 Å². The van der Waals surface area contributed by atoms with Crippen molar-refractivity contribution < 1.29 is 13.5 Å². The number of nitrogens with one attached hydrogen (secondary N) is 1. The van der Waals surface area contributed by atoms with Crippen LogP contribution in [0.5, 0.6) is 0 Å². The van der Waals surface area contributed by atoms with Crippen molar-refractivity contribution in [3.05, 3.63) is 10.2 Å². The Labute approximate surface area is 110 Å². The van der Waals surface area contributed by atoms with Gasteiger partial charge in [-0.3, -0.25) is 0 Å².